The van der Waals surface area contributed by atoms with Crippen molar-refractivity contribution < 1.29 is 18.8 Å². The van der Waals surface area contributed by atoms with E-state index in [1.807, 2.05) is 29.0 Å². The van der Waals surface area contributed by atoms with Crippen LogP contribution in [0.4, 0.5) is 0 Å². The molecule has 0 fully saturated rings. The summed E-state index contributed by atoms with van der Waals surface area (Å²) in [5.74, 6) is 2.17. The number of rotatable bonds is 7. The quantitative estimate of drug-likeness (QED) is 0.630. The number of nitrogens with one attached hydrogen (secondary N) is 1. The summed E-state index contributed by atoms with van der Waals surface area (Å²) in [5, 5.41) is 11.3. The molecule has 146 valence electrons. The minimum atomic E-state index is -0.0704. The predicted octanol–water partition coefficient (Wildman–Crippen LogP) is 3.51. The van der Waals surface area contributed by atoms with Crippen LogP contribution in [0.5, 0.6) is 11.5 Å². The molecule has 0 saturated carbocycles. The van der Waals surface area contributed by atoms with Crippen molar-refractivity contribution in [3.05, 3.63) is 45.4 Å². The molecule has 0 aliphatic carbocycles. The zero-order chi connectivity index (χ0) is 19.3. The van der Waals surface area contributed by atoms with Gasteiger partial charge in [0.1, 0.15) is 13.2 Å². The van der Waals surface area contributed by atoms with Gasteiger partial charge >= 0.3 is 0 Å². The summed E-state index contributed by atoms with van der Waals surface area (Å²) in [5.41, 5.74) is 1.90. The molecule has 0 unspecified atom stereocenters. The summed E-state index contributed by atoms with van der Waals surface area (Å²) < 4.78 is 16.3. The second-order valence-electron chi connectivity index (χ2n) is 6.23. The summed E-state index contributed by atoms with van der Waals surface area (Å²) in [6.07, 6.45) is 1.33. The van der Waals surface area contributed by atoms with Crippen LogP contribution < -0.4 is 14.8 Å². The third kappa shape index (κ3) is 4.45. The molecule has 1 aliphatic rings. The van der Waals surface area contributed by atoms with Gasteiger partial charge in [0.25, 0.3) is 0 Å². The van der Waals surface area contributed by atoms with E-state index in [1.54, 1.807) is 11.3 Å². The van der Waals surface area contributed by atoms with E-state index < -0.39 is 0 Å². The van der Waals surface area contributed by atoms with Crippen LogP contribution in [0.2, 0.25) is 5.02 Å². The zero-order valence-electron chi connectivity index (χ0n) is 14.9. The summed E-state index contributed by atoms with van der Waals surface area (Å²) >= 11 is 7.80. The SMILES string of the molecule is O=C(CCc1nc(-c2ccsc2)no1)NCCc1cc(Cl)c2c(c1)OCCO2. The Morgan fingerprint density at radius 3 is 3.00 bits per heavy atom. The molecule has 0 bridgehead atoms. The van der Waals surface area contributed by atoms with Gasteiger partial charge in [-0.05, 0) is 35.6 Å². The number of ether oxygens (including phenoxy) is 2. The number of hydrogen-bond acceptors (Lipinski definition) is 7. The van der Waals surface area contributed by atoms with Crippen molar-refractivity contribution in [1.82, 2.24) is 15.5 Å². The number of thiophene rings is 1. The summed E-state index contributed by atoms with van der Waals surface area (Å²) in [6, 6.07) is 5.67. The van der Waals surface area contributed by atoms with Gasteiger partial charge in [0.15, 0.2) is 11.5 Å². The van der Waals surface area contributed by atoms with Crippen LogP contribution in [0.1, 0.15) is 17.9 Å². The van der Waals surface area contributed by atoms with Crippen LogP contribution in [0.3, 0.4) is 0 Å². The molecule has 4 rings (SSSR count). The van der Waals surface area contributed by atoms with Crippen molar-refractivity contribution in [3.63, 3.8) is 0 Å². The van der Waals surface area contributed by atoms with Crippen molar-refractivity contribution in [2.24, 2.45) is 0 Å². The lowest BCUT2D eigenvalue weighted by Gasteiger charge is -2.20. The average molecular weight is 420 g/mol. The Hall–Kier alpha value is -2.58. The molecule has 0 spiro atoms. The fourth-order valence-corrected chi connectivity index (χ4v) is 3.75. The van der Waals surface area contributed by atoms with E-state index in [0.29, 0.717) is 60.8 Å². The largest absolute Gasteiger partial charge is 0.486 e. The van der Waals surface area contributed by atoms with E-state index in [2.05, 4.69) is 15.5 Å². The minimum absolute atomic E-state index is 0.0704. The third-order valence-corrected chi connectivity index (χ3v) is 5.17. The molecule has 1 N–H and O–H groups in total. The maximum atomic E-state index is 12.1. The molecule has 3 heterocycles. The number of aromatic nitrogens is 2. The molecule has 28 heavy (non-hydrogen) atoms. The third-order valence-electron chi connectivity index (χ3n) is 4.21. The Morgan fingerprint density at radius 2 is 2.14 bits per heavy atom. The molecule has 0 saturated heterocycles. The molecule has 3 aromatic rings. The van der Waals surface area contributed by atoms with Gasteiger partial charge in [-0.2, -0.15) is 16.3 Å². The van der Waals surface area contributed by atoms with Gasteiger partial charge in [0.2, 0.25) is 17.6 Å². The number of carbonyl (C=O) groups excluding carboxylic acids is 1. The van der Waals surface area contributed by atoms with Crippen molar-refractivity contribution in [1.29, 1.82) is 0 Å². The Labute approximate surface area is 170 Å². The molecule has 7 nitrogen and oxygen atoms in total. The molecular formula is C19H18ClN3O4S. The molecule has 9 heteroatoms. The number of amides is 1. The van der Waals surface area contributed by atoms with E-state index in [0.717, 1.165) is 11.1 Å². The molecule has 1 aliphatic heterocycles. The first-order valence-electron chi connectivity index (χ1n) is 8.89. The molecular weight excluding hydrogens is 402 g/mol. The van der Waals surface area contributed by atoms with E-state index >= 15 is 0 Å². The average Bonchev–Trinajstić information content (AvgIpc) is 3.38. The summed E-state index contributed by atoms with van der Waals surface area (Å²) in [7, 11) is 0. The van der Waals surface area contributed by atoms with Gasteiger partial charge in [-0.25, -0.2) is 0 Å². The van der Waals surface area contributed by atoms with Crippen LogP contribution in [-0.4, -0.2) is 35.8 Å². The summed E-state index contributed by atoms with van der Waals surface area (Å²) in [6.45, 7) is 1.50. The highest BCUT2D eigenvalue weighted by molar-refractivity contribution is 7.08. The van der Waals surface area contributed by atoms with Crippen molar-refractivity contribution in [2.45, 2.75) is 19.3 Å². The van der Waals surface area contributed by atoms with Gasteiger partial charge in [0, 0.05) is 30.3 Å². The highest BCUT2D eigenvalue weighted by Gasteiger charge is 2.16. The molecule has 2 aromatic heterocycles. The number of carbonyl (C=O) groups is 1. The number of fused-ring (bicyclic) bond motifs is 1. The topological polar surface area (TPSA) is 86.5 Å². The highest BCUT2D eigenvalue weighted by atomic mass is 35.5. The maximum Gasteiger partial charge on any atom is 0.227 e. The van der Waals surface area contributed by atoms with Gasteiger partial charge in [-0.1, -0.05) is 16.8 Å². The van der Waals surface area contributed by atoms with Crippen molar-refractivity contribution in [2.75, 3.05) is 19.8 Å². The zero-order valence-corrected chi connectivity index (χ0v) is 16.5. The first-order chi connectivity index (χ1) is 13.7. The molecule has 1 aromatic carbocycles. The predicted molar refractivity (Wildman–Crippen MR) is 105 cm³/mol. The van der Waals surface area contributed by atoms with E-state index in [1.165, 1.54) is 0 Å². The standard InChI is InChI=1S/C19H18ClN3O4S/c20-14-9-12(10-15-18(14)26-7-6-25-15)3-5-21-16(24)1-2-17-22-19(23-27-17)13-4-8-28-11-13/h4,8-11H,1-3,5-7H2,(H,21,24). The monoisotopic (exact) mass is 419 g/mol. The normalized spacial score (nSPS) is 12.8. The maximum absolute atomic E-state index is 12.1. The van der Waals surface area contributed by atoms with Gasteiger partial charge in [-0.15, -0.1) is 0 Å². The molecule has 0 atom stereocenters. The number of halogens is 1. The first-order valence-corrected chi connectivity index (χ1v) is 10.2. The first kappa shape index (κ1) is 18.8. The van der Waals surface area contributed by atoms with E-state index in [9.17, 15) is 4.79 Å². The van der Waals surface area contributed by atoms with Crippen LogP contribution in [-0.2, 0) is 17.6 Å². The number of aryl methyl sites for hydroxylation is 1. The lowest BCUT2D eigenvalue weighted by Crippen LogP contribution is -2.26. The van der Waals surface area contributed by atoms with Crippen molar-refractivity contribution in [3.8, 4) is 22.9 Å². The molecule has 1 amide bonds. The fourth-order valence-electron chi connectivity index (χ4n) is 2.83. The van der Waals surface area contributed by atoms with Crippen molar-refractivity contribution >= 4 is 28.8 Å². The van der Waals surface area contributed by atoms with Crippen LogP contribution in [0.25, 0.3) is 11.4 Å². The van der Waals surface area contributed by atoms with Gasteiger partial charge < -0.3 is 19.3 Å². The fraction of sp³-hybridized carbons (Fsp3) is 0.316. The minimum Gasteiger partial charge on any atom is -0.486 e. The highest BCUT2D eigenvalue weighted by Crippen LogP contribution is 2.38. The van der Waals surface area contributed by atoms with Crippen LogP contribution in [0.15, 0.2) is 33.5 Å². The Morgan fingerprint density at radius 1 is 1.25 bits per heavy atom. The van der Waals surface area contributed by atoms with Crippen LogP contribution >= 0.6 is 22.9 Å². The Kier molecular flexibility index (Phi) is 5.78. The number of hydrogen-bond donors (Lipinski definition) is 1. The van der Waals surface area contributed by atoms with Crippen LogP contribution in [0, 0.1) is 0 Å². The lowest BCUT2D eigenvalue weighted by atomic mass is 10.1. The van der Waals surface area contributed by atoms with E-state index in [4.69, 9.17) is 25.6 Å². The summed E-state index contributed by atoms with van der Waals surface area (Å²) in [4.78, 5) is 16.4. The second kappa shape index (κ2) is 8.62. The smallest absolute Gasteiger partial charge is 0.227 e. The number of nitrogens with zero attached hydrogens (tertiary/aromatic N) is 2. The Bertz CT molecular complexity index is 958. The molecule has 0 radical (unpaired) electrons. The second-order valence-corrected chi connectivity index (χ2v) is 7.41. The number of benzene rings is 1. The van der Waals surface area contributed by atoms with E-state index in [-0.39, 0.29) is 12.3 Å². The van der Waals surface area contributed by atoms with Gasteiger partial charge in [-0.3, -0.25) is 4.79 Å². The lowest BCUT2D eigenvalue weighted by molar-refractivity contribution is -0.121. The van der Waals surface area contributed by atoms with Gasteiger partial charge in [0.05, 0.1) is 5.02 Å². The Balaban J connectivity index is 1.23.